The van der Waals surface area contributed by atoms with Crippen molar-refractivity contribution in [2.24, 2.45) is 0 Å². The van der Waals surface area contributed by atoms with E-state index in [0.29, 0.717) is 5.82 Å². The molecule has 2 aromatic rings. The van der Waals surface area contributed by atoms with Gasteiger partial charge in [0.15, 0.2) is 9.84 Å². The minimum absolute atomic E-state index is 0.0491. The molecule has 5 heteroatoms. The fourth-order valence-corrected chi connectivity index (χ4v) is 2.48. The molecule has 1 N–H and O–H groups in total. The molecule has 0 unspecified atom stereocenters. The lowest BCUT2D eigenvalue weighted by Crippen LogP contribution is -2.10. The zero-order chi connectivity index (χ0) is 13.6. The van der Waals surface area contributed by atoms with E-state index in [1.807, 2.05) is 18.2 Å². The monoisotopic (exact) mass is 266 g/mol. The van der Waals surface area contributed by atoms with Gasteiger partial charge in [-0.15, -0.1) is 0 Å². The first kappa shape index (κ1) is 13.1. The van der Waals surface area contributed by atoms with Crippen molar-refractivity contribution < 1.29 is 8.42 Å². The molecule has 0 fully saturated rings. The van der Waals surface area contributed by atoms with Crippen LogP contribution < -0.4 is 0 Å². The van der Waals surface area contributed by atoms with Crippen molar-refractivity contribution in [3.63, 3.8) is 0 Å². The van der Waals surface area contributed by atoms with Crippen LogP contribution in [-0.2, 0) is 21.0 Å². The Bertz CT molecular complexity index is 679. The lowest BCUT2D eigenvalue weighted by molar-refractivity contribution is 0.591. The summed E-state index contributed by atoms with van der Waals surface area (Å²) in [5.74, 6) is 0.450. The summed E-state index contributed by atoms with van der Waals surface area (Å²) >= 11 is 0. The number of sulfone groups is 1. The zero-order valence-corrected chi connectivity index (χ0v) is 11.9. The number of nitrogens with zero attached hydrogens (tertiary/aromatic N) is 1. The van der Waals surface area contributed by atoms with Gasteiger partial charge in [-0.3, -0.25) is 0 Å². The van der Waals surface area contributed by atoms with Gasteiger partial charge in [0.1, 0.15) is 11.6 Å². The second kappa shape index (κ2) is 4.09. The molecule has 0 spiro atoms. The number of fused-ring (bicyclic) bond motifs is 1. The summed E-state index contributed by atoms with van der Waals surface area (Å²) in [6.07, 6.45) is 1.21. The van der Waals surface area contributed by atoms with Crippen LogP contribution in [0.25, 0.3) is 11.0 Å². The van der Waals surface area contributed by atoms with E-state index in [9.17, 15) is 8.42 Å². The van der Waals surface area contributed by atoms with Crippen LogP contribution >= 0.6 is 0 Å². The number of nitrogens with one attached hydrogen (secondary N) is 1. The standard InChI is InChI=1S/C13H18N2O2S/c1-13(2,3)9-5-6-10-11(7-9)15-12(14-10)8-18(4,16)17/h5-7H,8H2,1-4H3,(H,14,15). The first-order valence-electron chi connectivity index (χ1n) is 5.82. The SMILES string of the molecule is CC(C)(C)c1ccc2nc(CS(C)(=O)=O)[nH]c2c1. The van der Waals surface area contributed by atoms with E-state index in [2.05, 4.69) is 30.7 Å². The fraction of sp³-hybridized carbons (Fsp3) is 0.462. The van der Waals surface area contributed by atoms with Gasteiger partial charge in [-0.1, -0.05) is 26.8 Å². The maximum Gasteiger partial charge on any atom is 0.154 e. The van der Waals surface area contributed by atoms with E-state index >= 15 is 0 Å². The van der Waals surface area contributed by atoms with Crippen LogP contribution in [0.1, 0.15) is 32.2 Å². The molecule has 18 heavy (non-hydrogen) atoms. The normalized spacial score (nSPS) is 13.1. The van der Waals surface area contributed by atoms with Crippen molar-refractivity contribution in [2.45, 2.75) is 31.9 Å². The lowest BCUT2D eigenvalue weighted by atomic mass is 9.87. The molecule has 0 saturated heterocycles. The Morgan fingerprint density at radius 1 is 1.28 bits per heavy atom. The highest BCUT2D eigenvalue weighted by atomic mass is 32.2. The summed E-state index contributed by atoms with van der Waals surface area (Å²) in [6.45, 7) is 6.42. The summed E-state index contributed by atoms with van der Waals surface area (Å²) in [6, 6.07) is 6.00. The minimum atomic E-state index is -3.06. The van der Waals surface area contributed by atoms with E-state index in [4.69, 9.17) is 0 Å². The van der Waals surface area contributed by atoms with Crippen LogP contribution in [0.2, 0.25) is 0 Å². The van der Waals surface area contributed by atoms with E-state index in [0.717, 1.165) is 11.0 Å². The number of imidazole rings is 1. The van der Waals surface area contributed by atoms with Gasteiger partial charge >= 0.3 is 0 Å². The highest BCUT2D eigenvalue weighted by Gasteiger charge is 2.15. The van der Waals surface area contributed by atoms with Crippen LogP contribution in [0.4, 0.5) is 0 Å². The second-order valence-electron chi connectivity index (χ2n) is 5.74. The van der Waals surface area contributed by atoms with Gasteiger partial charge < -0.3 is 4.98 Å². The first-order valence-corrected chi connectivity index (χ1v) is 7.88. The molecule has 1 aromatic heterocycles. The Hall–Kier alpha value is -1.36. The number of aromatic nitrogens is 2. The summed E-state index contributed by atoms with van der Waals surface area (Å²) < 4.78 is 22.5. The summed E-state index contributed by atoms with van der Waals surface area (Å²) in [5.41, 5.74) is 2.96. The summed E-state index contributed by atoms with van der Waals surface area (Å²) in [5, 5.41) is 0. The Kier molecular flexibility index (Phi) is 2.97. The van der Waals surface area contributed by atoms with Crippen molar-refractivity contribution in [2.75, 3.05) is 6.26 Å². The van der Waals surface area contributed by atoms with Gasteiger partial charge in [0.2, 0.25) is 0 Å². The maximum absolute atomic E-state index is 11.2. The van der Waals surface area contributed by atoms with Gasteiger partial charge in [0.05, 0.1) is 11.0 Å². The Morgan fingerprint density at radius 2 is 1.94 bits per heavy atom. The van der Waals surface area contributed by atoms with Crippen LogP contribution in [-0.4, -0.2) is 24.6 Å². The second-order valence-corrected chi connectivity index (χ2v) is 7.88. The van der Waals surface area contributed by atoms with Crippen LogP contribution in [0.5, 0.6) is 0 Å². The number of H-pyrrole nitrogens is 1. The molecule has 0 atom stereocenters. The summed E-state index contributed by atoms with van der Waals surface area (Å²) in [7, 11) is -3.06. The Morgan fingerprint density at radius 3 is 2.50 bits per heavy atom. The molecule has 0 radical (unpaired) electrons. The van der Waals surface area contributed by atoms with Gasteiger partial charge in [0, 0.05) is 6.26 Å². The molecule has 4 nitrogen and oxygen atoms in total. The molecular formula is C13H18N2O2S. The Balaban J connectivity index is 2.46. The summed E-state index contributed by atoms with van der Waals surface area (Å²) in [4.78, 5) is 7.36. The molecule has 98 valence electrons. The van der Waals surface area contributed by atoms with Crippen LogP contribution in [0.15, 0.2) is 18.2 Å². The number of rotatable bonds is 2. The average Bonchev–Trinajstić information content (AvgIpc) is 2.53. The molecule has 1 heterocycles. The highest BCUT2D eigenvalue weighted by Crippen LogP contribution is 2.25. The van der Waals surface area contributed by atoms with Crippen molar-refractivity contribution in [3.8, 4) is 0 Å². The highest BCUT2D eigenvalue weighted by molar-refractivity contribution is 7.89. The molecule has 0 aliphatic heterocycles. The van der Waals surface area contributed by atoms with Gasteiger partial charge in [-0.2, -0.15) is 0 Å². The van der Waals surface area contributed by atoms with E-state index in [1.54, 1.807) is 0 Å². The predicted molar refractivity (Wildman–Crippen MR) is 73.3 cm³/mol. The number of benzene rings is 1. The molecule has 0 amide bonds. The smallest absolute Gasteiger partial charge is 0.154 e. The molecule has 0 bridgehead atoms. The zero-order valence-electron chi connectivity index (χ0n) is 11.1. The van der Waals surface area contributed by atoms with Crippen molar-refractivity contribution >= 4 is 20.9 Å². The van der Waals surface area contributed by atoms with Gasteiger partial charge in [-0.05, 0) is 23.1 Å². The quantitative estimate of drug-likeness (QED) is 0.908. The first-order chi connectivity index (χ1) is 8.15. The molecule has 1 aromatic carbocycles. The average molecular weight is 266 g/mol. The fourth-order valence-electron chi connectivity index (χ4n) is 1.85. The third kappa shape index (κ3) is 2.90. The van der Waals surface area contributed by atoms with E-state index < -0.39 is 9.84 Å². The number of hydrogen-bond donors (Lipinski definition) is 1. The molecule has 0 aliphatic carbocycles. The van der Waals surface area contributed by atoms with Gasteiger partial charge in [0.25, 0.3) is 0 Å². The molecule has 0 saturated carbocycles. The van der Waals surface area contributed by atoms with Crippen molar-refractivity contribution in [3.05, 3.63) is 29.6 Å². The molecule has 0 aliphatic rings. The predicted octanol–water partition coefficient (Wildman–Crippen LogP) is 2.41. The van der Waals surface area contributed by atoms with Gasteiger partial charge in [-0.25, -0.2) is 13.4 Å². The van der Waals surface area contributed by atoms with Crippen LogP contribution in [0, 0.1) is 0 Å². The van der Waals surface area contributed by atoms with E-state index in [1.165, 1.54) is 11.8 Å². The third-order valence-corrected chi connectivity index (χ3v) is 3.59. The maximum atomic E-state index is 11.2. The number of hydrogen-bond acceptors (Lipinski definition) is 3. The minimum Gasteiger partial charge on any atom is -0.341 e. The number of aromatic amines is 1. The third-order valence-electron chi connectivity index (χ3n) is 2.80. The van der Waals surface area contributed by atoms with Crippen molar-refractivity contribution in [1.29, 1.82) is 0 Å². The van der Waals surface area contributed by atoms with E-state index in [-0.39, 0.29) is 11.2 Å². The molecular weight excluding hydrogens is 248 g/mol. The lowest BCUT2D eigenvalue weighted by Gasteiger charge is -2.18. The van der Waals surface area contributed by atoms with Crippen LogP contribution in [0.3, 0.4) is 0 Å². The molecule has 2 rings (SSSR count). The Labute approximate surface area is 107 Å². The van der Waals surface area contributed by atoms with Crippen molar-refractivity contribution in [1.82, 2.24) is 9.97 Å². The topological polar surface area (TPSA) is 62.8 Å². The largest absolute Gasteiger partial charge is 0.341 e.